The minimum atomic E-state index is -0.853. The molecule has 1 aliphatic carbocycles. The van der Waals surface area contributed by atoms with Gasteiger partial charge in [-0.05, 0) is 31.9 Å². The van der Waals surface area contributed by atoms with E-state index in [-0.39, 0.29) is 5.56 Å². The van der Waals surface area contributed by atoms with Gasteiger partial charge in [-0.3, -0.25) is 4.79 Å². The molecule has 4 heteroatoms. The number of nitrogens with one attached hydrogen (secondary N) is 1. The van der Waals surface area contributed by atoms with Crippen molar-refractivity contribution >= 4 is 5.91 Å². The van der Waals surface area contributed by atoms with Crippen molar-refractivity contribution in [3.8, 4) is 6.07 Å². The third-order valence-corrected chi connectivity index (χ3v) is 4.14. The van der Waals surface area contributed by atoms with Gasteiger partial charge < -0.3 is 5.32 Å². The number of amides is 1. The van der Waals surface area contributed by atoms with Gasteiger partial charge in [-0.15, -0.1) is 0 Å². The van der Waals surface area contributed by atoms with E-state index in [0.717, 1.165) is 31.2 Å². The van der Waals surface area contributed by atoms with Gasteiger partial charge >= 0.3 is 0 Å². The summed E-state index contributed by atoms with van der Waals surface area (Å²) in [4.78, 5) is 12.3. The first-order valence-electron chi connectivity index (χ1n) is 7.56. The van der Waals surface area contributed by atoms with Crippen LogP contribution in [0.4, 0.5) is 4.39 Å². The van der Waals surface area contributed by atoms with Crippen LogP contribution in [0, 0.1) is 24.1 Å². The molecule has 1 aromatic rings. The van der Waals surface area contributed by atoms with Crippen LogP contribution in [0.5, 0.6) is 0 Å². The molecule has 2 rings (SSSR count). The molecule has 1 amide bonds. The number of aryl methyl sites for hydroxylation is 1. The van der Waals surface area contributed by atoms with E-state index < -0.39 is 17.3 Å². The Bertz CT molecular complexity index is 554. The van der Waals surface area contributed by atoms with Crippen LogP contribution in [0.15, 0.2) is 18.2 Å². The van der Waals surface area contributed by atoms with Crippen molar-refractivity contribution in [2.75, 3.05) is 0 Å². The number of halogens is 1. The summed E-state index contributed by atoms with van der Waals surface area (Å²) in [6, 6.07) is 6.71. The highest BCUT2D eigenvalue weighted by Gasteiger charge is 2.32. The van der Waals surface area contributed by atoms with Crippen molar-refractivity contribution in [1.82, 2.24) is 5.32 Å². The summed E-state index contributed by atoms with van der Waals surface area (Å²) in [5.74, 6) is -1.03. The van der Waals surface area contributed by atoms with Crippen molar-refractivity contribution in [3.05, 3.63) is 35.1 Å². The van der Waals surface area contributed by atoms with Crippen LogP contribution >= 0.6 is 0 Å². The van der Waals surface area contributed by atoms with Crippen LogP contribution in [-0.2, 0) is 0 Å². The SMILES string of the molecule is Cc1ccc(F)c(C(=O)NC2(C#N)CCCCCCC2)c1. The van der Waals surface area contributed by atoms with Gasteiger partial charge in [0.1, 0.15) is 11.4 Å². The lowest BCUT2D eigenvalue weighted by Crippen LogP contribution is -2.48. The van der Waals surface area contributed by atoms with E-state index in [4.69, 9.17) is 0 Å². The van der Waals surface area contributed by atoms with Gasteiger partial charge in [-0.2, -0.15) is 5.26 Å². The van der Waals surface area contributed by atoms with Crippen LogP contribution in [0.1, 0.15) is 60.9 Å². The Morgan fingerprint density at radius 1 is 1.24 bits per heavy atom. The van der Waals surface area contributed by atoms with E-state index >= 15 is 0 Å². The molecule has 0 unspecified atom stereocenters. The Labute approximate surface area is 125 Å². The molecule has 0 spiro atoms. The average molecular weight is 288 g/mol. The molecule has 0 atom stereocenters. The third kappa shape index (κ3) is 3.81. The van der Waals surface area contributed by atoms with Crippen LogP contribution in [0.25, 0.3) is 0 Å². The lowest BCUT2D eigenvalue weighted by molar-refractivity contribution is 0.0903. The van der Waals surface area contributed by atoms with E-state index in [1.54, 1.807) is 6.07 Å². The molecule has 1 aliphatic rings. The minimum absolute atomic E-state index is 0.0201. The summed E-state index contributed by atoms with van der Waals surface area (Å²) in [5, 5.41) is 12.3. The van der Waals surface area contributed by atoms with E-state index in [1.807, 2.05) is 6.92 Å². The zero-order valence-electron chi connectivity index (χ0n) is 12.4. The van der Waals surface area contributed by atoms with Crippen LogP contribution in [0.2, 0.25) is 0 Å². The largest absolute Gasteiger partial charge is 0.334 e. The Balaban J connectivity index is 2.18. The first-order valence-corrected chi connectivity index (χ1v) is 7.56. The van der Waals surface area contributed by atoms with Crippen molar-refractivity contribution in [1.29, 1.82) is 5.26 Å². The first-order chi connectivity index (χ1) is 10.1. The number of rotatable bonds is 2. The quantitative estimate of drug-likeness (QED) is 0.898. The third-order valence-electron chi connectivity index (χ3n) is 4.14. The highest BCUT2D eigenvalue weighted by atomic mass is 19.1. The smallest absolute Gasteiger partial charge is 0.255 e. The highest BCUT2D eigenvalue weighted by Crippen LogP contribution is 2.26. The van der Waals surface area contributed by atoms with Crippen LogP contribution in [0.3, 0.4) is 0 Å². The Morgan fingerprint density at radius 2 is 1.86 bits per heavy atom. The molecule has 0 bridgehead atoms. The maximum Gasteiger partial charge on any atom is 0.255 e. The Kier molecular flexibility index (Phi) is 4.95. The molecule has 0 saturated heterocycles. The molecule has 21 heavy (non-hydrogen) atoms. The summed E-state index contributed by atoms with van der Waals surface area (Å²) < 4.78 is 13.8. The van der Waals surface area contributed by atoms with Gasteiger partial charge in [-0.1, -0.05) is 43.7 Å². The fraction of sp³-hybridized carbons (Fsp3) is 0.529. The van der Waals surface area contributed by atoms with Crippen molar-refractivity contribution in [2.24, 2.45) is 0 Å². The second-order valence-electron chi connectivity index (χ2n) is 5.90. The molecule has 1 fully saturated rings. The first kappa shape index (κ1) is 15.5. The number of hydrogen-bond donors (Lipinski definition) is 1. The Morgan fingerprint density at radius 3 is 2.48 bits per heavy atom. The zero-order valence-corrected chi connectivity index (χ0v) is 12.4. The molecule has 112 valence electrons. The van der Waals surface area contributed by atoms with Crippen molar-refractivity contribution in [3.63, 3.8) is 0 Å². The molecule has 1 saturated carbocycles. The van der Waals surface area contributed by atoms with Crippen LogP contribution in [-0.4, -0.2) is 11.4 Å². The number of carbonyl (C=O) groups excluding carboxylic acids is 1. The number of nitriles is 1. The number of nitrogens with zero attached hydrogens (tertiary/aromatic N) is 1. The van der Waals surface area contributed by atoms with E-state index in [9.17, 15) is 14.4 Å². The predicted octanol–water partition coefficient (Wildman–Crippen LogP) is 3.87. The fourth-order valence-electron chi connectivity index (χ4n) is 2.87. The summed E-state index contributed by atoms with van der Waals surface area (Å²) in [6.07, 6.45) is 6.47. The molecule has 0 aromatic heterocycles. The molecule has 0 heterocycles. The number of benzene rings is 1. The maximum atomic E-state index is 13.8. The monoisotopic (exact) mass is 288 g/mol. The molecular weight excluding hydrogens is 267 g/mol. The van der Waals surface area contributed by atoms with E-state index in [0.29, 0.717) is 12.8 Å². The van der Waals surface area contributed by atoms with E-state index in [1.165, 1.54) is 18.6 Å². The standard InChI is InChI=1S/C17H21FN2O/c1-13-7-8-15(18)14(11-13)16(21)20-17(12-19)9-5-3-2-4-6-10-17/h7-8,11H,2-6,9-10H2,1H3,(H,20,21). The molecule has 1 aromatic carbocycles. The fourth-order valence-corrected chi connectivity index (χ4v) is 2.87. The van der Waals surface area contributed by atoms with Gasteiger partial charge in [-0.25, -0.2) is 4.39 Å². The number of carbonyl (C=O) groups is 1. The van der Waals surface area contributed by atoms with Gasteiger partial charge in [0, 0.05) is 0 Å². The summed E-state index contributed by atoms with van der Waals surface area (Å²) in [7, 11) is 0. The van der Waals surface area contributed by atoms with Gasteiger partial charge in [0.25, 0.3) is 5.91 Å². The summed E-state index contributed by atoms with van der Waals surface area (Å²) in [6.45, 7) is 1.81. The molecular formula is C17H21FN2O. The summed E-state index contributed by atoms with van der Waals surface area (Å²) >= 11 is 0. The lowest BCUT2D eigenvalue weighted by Gasteiger charge is -2.29. The maximum absolute atomic E-state index is 13.8. The van der Waals surface area contributed by atoms with Gasteiger partial charge in [0.15, 0.2) is 0 Å². The van der Waals surface area contributed by atoms with Gasteiger partial charge in [0.2, 0.25) is 0 Å². The zero-order chi connectivity index (χ0) is 15.3. The highest BCUT2D eigenvalue weighted by molar-refractivity contribution is 5.95. The van der Waals surface area contributed by atoms with Crippen molar-refractivity contribution < 1.29 is 9.18 Å². The molecule has 3 nitrogen and oxygen atoms in total. The minimum Gasteiger partial charge on any atom is -0.334 e. The Hall–Kier alpha value is -1.89. The number of hydrogen-bond acceptors (Lipinski definition) is 2. The normalized spacial score (nSPS) is 18.1. The predicted molar refractivity (Wildman–Crippen MR) is 79.3 cm³/mol. The second kappa shape index (κ2) is 6.71. The average Bonchev–Trinajstić information content (AvgIpc) is 2.44. The van der Waals surface area contributed by atoms with Crippen molar-refractivity contribution in [2.45, 2.75) is 57.4 Å². The van der Waals surface area contributed by atoms with E-state index in [2.05, 4.69) is 11.4 Å². The second-order valence-corrected chi connectivity index (χ2v) is 5.90. The van der Waals surface area contributed by atoms with Crippen LogP contribution < -0.4 is 5.32 Å². The lowest BCUT2D eigenvalue weighted by atomic mass is 9.85. The molecule has 0 radical (unpaired) electrons. The topological polar surface area (TPSA) is 52.9 Å². The summed E-state index contributed by atoms with van der Waals surface area (Å²) in [5.41, 5.74) is -0.00912. The van der Waals surface area contributed by atoms with Gasteiger partial charge in [0.05, 0.1) is 11.6 Å². The molecule has 0 aliphatic heterocycles. The molecule has 1 N–H and O–H groups in total.